The average Bonchev–Trinajstić information content (AvgIpc) is 2.40. The molecule has 7 heteroatoms. The number of aromatic amines is 1. The van der Waals surface area contributed by atoms with Crippen LogP contribution in [0.25, 0.3) is 22.1 Å². The number of hydrogen-bond donors (Lipinski definition) is 1. The number of nitriles is 1. The van der Waals surface area contributed by atoms with Gasteiger partial charge in [-0.15, -0.1) is 0 Å². The molecule has 0 fully saturated rings. The van der Waals surface area contributed by atoms with E-state index in [9.17, 15) is 4.79 Å². The quantitative estimate of drug-likeness (QED) is 0.646. The zero-order valence-corrected chi connectivity index (χ0v) is 11.3. The highest BCUT2D eigenvalue weighted by atomic mass is 35.5. The van der Waals surface area contributed by atoms with Gasteiger partial charge in [0.15, 0.2) is 5.58 Å². The van der Waals surface area contributed by atoms with Crippen LogP contribution in [0.5, 0.6) is 0 Å². The third-order valence-electron chi connectivity index (χ3n) is 2.89. The summed E-state index contributed by atoms with van der Waals surface area (Å²) in [6.45, 7) is 0. The predicted molar refractivity (Wildman–Crippen MR) is 75.7 cm³/mol. The van der Waals surface area contributed by atoms with Crippen LogP contribution in [-0.4, -0.2) is 0 Å². The van der Waals surface area contributed by atoms with Crippen molar-refractivity contribution in [3.63, 3.8) is 0 Å². The molecule has 1 aromatic carbocycles. The first-order valence-corrected chi connectivity index (χ1v) is 6.24. The maximum atomic E-state index is 12.4. The minimum absolute atomic E-state index is 0.118. The number of rotatable bonds is 0. The van der Waals surface area contributed by atoms with E-state index >= 15 is 0 Å². The fourth-order valence-electron chi connectivity index (χ4n) is 1.97. The van der Waals surface area contributed by atoms with Crippen LogP contribution in [0.15, 0.2) is 27.4 Å². The van der Waals surface area contributed by atoms with E-state index in [4.69, 9.17) is 38.6 Å². The summed E-state index contributed by atoms with van der Waals surface area (Å²) >= 11 is 11.9. The molecule has 20 heavy (non-hydrogen) atoms. The molecule has 2 aromatic heterocycles. The number of nitrogens with one attached hydrogen (secondary N) is 1. The second kappa shape index (κ2) is 4.37. The summed E-state index contributed by atoms with van der Waals surface area (Å²) in [6, 6.07) is 6.22. The number of nitrogen functional groups attached to an aromatic ring is 1. The van der Waals surface area contributed by atoms with Gasteiger partial charge in [0, 0.05) is 5.02 Å². The van der Waals surface area contributed by atoms with Crippen LogP contribution in [0, 0.1) is 11.3 Å². The van der Waals surface area contributed by atoms with Gasteiger partial charge in [0.2, 0.25) is 5.43 Å². The van der Waals surface area contributed by atoms with E-state index in [0.717, 1.165) is 0 Å². The van der Waals surface area contributed by atoms with Crippen LogP contribution in [0.3, 0.4) is 0 Å². The molecule has 2 heterocycles. The van der Waals surface area contributed by atoms with Gasteiger partial charge in [-0.25, -0.2) is 4.98 Å². The Hall–Kier alpha value is -2.29. The maximum Gasteiger partial charge on any atom is 0.299 e. The molecule has 3 aromatic rings. The van der Waals surface area contributed by atoms with Crippen LogP contribution >= 0.6 is 23.2 Å². The van der Waals surface area contributed by atoms with Crippen LogP contribution < -0.4 is 16.1 Å². The molecule has 0 saturated heterocycles. The Morgan fingerprint density at radius 3 is 2.70 bits per heavy atom. The fourth-order valence-corrected chi connectivity index (χ4v) is 2.50. The normalized spacial score (nSPS) is 10.8. The van der Waals surface area contributed by atoms with Crippen molar-refractivity contribution in [2.75, 3.05) is 5.73 Å². The van der Waals surface area contributed by atoms with Crippen LogP contribution in [-0.2, 0) is 0 Å². The summed E-state index contributed by atoms with van der Waals surface area (Å²) in [5.41, 5.74) is 5.86. The van der Waals surface area contributed by atoms with Crippen LogP contribution in [0.4, 0.5) is 5.82 Å². The van der Waals surface area contributed by atoms with Gasteiger partial charge in [-0.3, -0.25) is 10.5 Å². The van der Waals surface area contributed by atoms with Gasteiger partial charge in [0.05, 0.1) is 10.4 Å². The molecule has 98 valence electrons. The topological polar surface area (TPSA) is 94.2 Å². The highest BCUT2D eigenvalue weighted by Crippen LogP contribution is 2.28. The van der Waals surface area contributed by atoms with Gasteiger partial charge in [0.1, 0.15) is 17.0 Å². The molecule has 0 aliphatic heterocycles. The van der Waals surface area contributed by atoms with E-state index in [1.807, 2.05) is 6.07 Å². The largest absolute Gasteiger partial charge is 0.420 e. The smallest absolute Gasteiger partial charge is 0.299 e. The third kappa shape index (κ3) is 1.78. The predicted octanol–water partition coefficient (Wildman–Crippen LogP) is 2.52. The van der Waals surface area contributed by atoms with Crippen molar-refractivity contribution < 1.29 is 9.40 Å². The summed E-state index contributed by atoms with van der Waals surface area (Å²) in [4.78, 5) is 15.1. The third-order valence-corrected chi connectivity index (χ3v) is 3.39. The molecule has 0 aliphatic carbocycles. The standard InChI is InChI=1S/C13H5Cl2N3O2/c14-6-2-7-10(19)8-1-5(4-16)12(17)18-13(8)20-11(7)9(15)3-6/h1-3H,(H2,17,18)/p+1. The van der Waals surface area contributed by atoms with Crippen molar-refractivity contribution in [3.8, 4) is 6.07 Å². The molecule has 3 N–H and O–H groups in total. The van der Waals surface area contributed by atoms with Crippen molar-refractivity contribution in [1.82, 2.24) is 0 Å². The van der Waals surface area contributed by atoms with E-state index in [0.29, 0.717) is 5.02 Å². The molecular formula is C13H6Cl2N3O2+. The zero-order valence-electron chi connectivity index (χ0n) is 9.83. The Morgan fingerprint density at radius 1 is 1.25 bits per heavy atom. The van der Waals surface area contributed by atoms with Crippen molar-refractivity contribution in [3.05, 3.63) is 44.0 Å². The number of hydrogen-bond acceptors (Lipinski definition) is 4. The van der Waals surface area contributed by atoms with Crippen molar-refractivity contribution in [2.24, 2.45) is 0 Å². The summed E-state index contributed by atoms with van der Waals surface area (Å²) in [6.07, 6.45) is 0. The Balaban J connectivity index is 2.59. The second-order valence-electron chi connectivity index (χ2n) is 4.15. The van der Waals surface area contributed by atoms with Crippen molar-refractivity contribution >= 4 is 51.1 Å². The number of H-pyrrole nitrogens is 1. The van der Waals surface area contributed by atoms with Gasteiger partial charge in [-0.2, -0.15) is 5.26 Å². The van der Waals surface area contributed by atoms with E-state index in [1.165, 1.54) is 18.2 Å². The van der Waals surface area contributed by atoms with Gasteiger partial charge < -0.3 is 4.42 Å². The number of anilines is 1. The molecule has 0 saturated carbocycles. The summed E-state index contributed by atoms with van der Waals surface area (Å²) in [7, 11) is 0. The molecule has 0 radical (unpaired) electrons. The molecule has 0 bridgehead atoms. The molecule has 0 atom stereocenters. The van der Waals surface area contributed by atoms with Crippen LogP contribution in [0.2, 0.25) is 10.0 Å². The van der Waals surface area contributed by atoms with Crippen molar-refractivity contribution in [2.45, 2.75) is 0 Å². The lowest BCUT2D eigenvalue weighted by atomic mass is 10.1. The molecule has 0 spiro atoms. The maximum absolute atomic E-state index is 12.4. The van der Waals surface area contributed by atoms with Gasteiger partial charge in [0.25, 0.3) is 11.5 Å². The lowest BCUT2D eigenvalue weighted by Gasteiger charge is -2.02. The lowest BCUT2D eigenvalue weighted by Crippen LogP contribution is -2.17. The number of aromatic nitrogens is 1. The minimum Gasteiger partial charge on any atom is -0.420 e. The average molecular weight is 307 g/mol. The SMILES string of the molecule is N#Cc1cc2c(=O)c3cc(Cl)cc(Cl)c3oc2[nH+]c1N. The first-order valence-electron chi connectivity index (χ1n) is 5.48. The summed E-state index contributed by atoms with van der Waals surface area (Å²) in [5, 5.41) is 9.96. The van der Waals surface area contributed by atoms with E-state index in [2.05, 4.69) is 4.98 Å². The number of benzene rings is 1. The Bertz CT molecular complexity index is 973. The first-order chi connectivity index (χ1) is 9.51. The molecule has 0 amide bonds. The van der Waals surface area contributed by atoms with Crippen molar-refractivity contribution in [1.29, 1.82) is 5.26 Å². The first kappa shape index (κ1) is 12.7. The molecular weight excluding hydrogens is 301 g/mol. The van der Waals surface area contributed by atoms with E-state index < -0.39 is 0 Å². The minimum atomic E-state index is -0.335. The summed E-state index contributed by atoms with van der Waals surface area (Å²) in [5.74, 6) is 0.118. The van der Waals surface area contributed by atoms with E-state index in [-0.39, 0.29) is 43.9 Å². The van der Waals surface area contributed by atoms with Crippen LogP contribution in [0.1, 0.15) is 5.56 Å². The number of halogens is 2. The monoisotopic (exact) mass is 306 g/mol. The number of nitrogens with two attached hydrogens (primary N) is 1. The van der Waals surface area contributed by atoms with Gasteiger partial charge in [-0.1, -0.05) is 23.2 Å². The number of pyridine rings is 1. The zero-order chi connectivity index (χ0) is 14.4. The second-order valence-corrected chi connectivity index (χ2v) is 4.99. The molecule has 5 nitrogen and oxygen atoms in total. The Kier molecular flexibility index (Phi) is 2.78. The highest BCUT2D eigenvalue weighted by molar-refractivity contribution is 6.38. The molecule has 3 rings (SSSR count). The number of nitrogens with zero attached hydrogens (tertiary/aromatic N) is 1. The fraction of sp³-hybridized carbons (Fsp3) is 0. The summed E-state index contributed by atoms with van der Waals surface area (Å²) < 4.78 is 5.56. The molecule has 0 aliphatic rings. The lowest BCUT2D eigenvalue weighted by molar-refractivity contribution is -0.338. The van der Waals surface area contributed by atoms with Gasteiger partial charge in [-0.05, 0) is 18.2 Å². The van der Waals surface area contributed by atoms with Gasteiger partial charge >= 0.3 is 0 Å². The molecule has 0 unspecified atom stereocenters. The highest BCUT2D eigenvalue weighted by Gasteiger charge is 2.17. The number of fused-ring (bicyclic) bond motifs is 2. The van der Waals surface area contributed by atoms with E-state index in [1.54, 1.807) is 0 Å². The Labute approximate surface area is 122 Å². The Morgan fingerprint density at radius 2 is 2.00 bits per heavy atom.